The molecule has 0 spiro atoms. The topological polar surface area (TPSA) is 62.2 Å². The molecule has 0 saturated carbocycles. The smallest absolute Gasteiger partial charge is 0.121 e. The molecule has 2 atom stereocenters. The Kier molecular flexibility index (Phi) is 4.93. The Labute approximate surface area is 112 Å². The molecule has 0 amide bonds. The van der Waals surface area contributed by atoms with Crippen LogP contribution < -0.4 is 0 Å². The van der Waals surface area contributed by atoms with Crippen molar-refractivity contribution in [2.75, 3.05) is 20.3 Å². The Balaban J connectivity index is 2.16. The second-order valence-corrected chi connectivity index (χ2v) is 4.36. The van der Waals surface area contributed by atoms with E-state index in [1.165, 1.54) is 0 Å². The molecule has 5 nitrogen and oxygen atoms in total. The van der Waals surface area contributed by atoms with Gasteiger partial charge in [0.2, 0.25) is 0 Å². The molecule has 19 heavy (non-hydrogen) atoms. The summed E-state index contributed by atoms with van der Waals surface area (Å²) >= 11 is 0. The van der Waals surface area contributed by atoms with Crippen LogP contribution in [0.4, 0.5) is 0 Å². The van der Waals surface area contributed by atoms with Crippen molar-refractivity contribution < 1.29 is 19.8 Å². The first kappa shape index (κ1) is 14.0. The number of hydrogen-bond acceptors (Lipinski definition) is 5. The molecular formula is C14H19NO4. The van der Waals surface area contributed by atoms with Gasteiger partial charge in [0.1, 0.15) is 17.9 Å². The van der Waals surface area contributed by atoms with Crippen molar-refractivity contribution in [3.05, 3.63) is 47.7 Å². The molecule has 0 aromatic heterocycles. The maximum atomic E-state index is 9.94. The molecule has 0 aliphatic carbocycles. The second-order valence-electron chi connectivity index (χ2n) is 4.36. The molecule has 1 heterocycles. The fourth-order valence-corrected chi connectivity index (χ4v) is 2.15. The first-order valence-electron chi connectivity index (χ1n) is 6.22. The number of ether oxygens (including phenoxy) is 1. The van der Waals surface area contributed by atoms with Crippen LogP contribution >= 0.6 is 0 Å². The molecular weight excluding hydrogens is 246 g/mol. The fourth-order valence-electron chi connectivity index (χ4n) is 2.15. The Hall–Kier alpha value is -1.40. The molecule has 0 radical (unpaired) electrons. The van der Waals surface area contributed by atoms with E-state index in [0.29, 0.717) is 18.9 Å². The summed E-state index contributed by atoms with van der Waals surface area (Å²) in [5, 5.41) is 20.8. The summed E-state index contributed by atoms with van der Waals surface area (Å²) in [5.74, 6) is 0.615. The van der Waals surface area contributed by atoms with Crippen molar-refractivity contribution in [3.8, 4) is 0 Å². The fraction of sp³-hybridized carbons (Fsp3) is 0.429. The van der Waals surface area contributed by atoms with Gasteiger partial charge >= 0.3 is 0 Å². The van der Waals surface area contributed by atoms with Crippen LogP contribution in [-0.2, 0) is 16.1 Å². The van der Waals surface area contributed by atoms with Crippen LogP contribution in [0.15, 0.2) is 42.2 Å². The molecule has 1 aromatic rings. The van der Waals surface area contributed by atoms with Gasteiger partial charge in [-0.15, -0.1) is 0 Å². The molecule has 5 heteroatoms. The van der Waals surface area contributed by atoms with Crippen molar-refractivity contribution in [1.82, 2.24) is 5.06 Å². The van der Waals surface area contributed by atoms with Crippen molar-refractivity contribution in [3.63, 3.8) is 0 Å². The molecule has 1 aliphatic heterocycles. The van der Waals surface area contributed by atoms with E-state index in [1.54, 1.807) is 18.2 Å². The van der Waals surface area contributed by atoms with Crippen LogP contribution in [0.2, 0.25) is 0 Å². The van der Waals surface area contributed by atoms with Gasteiger partial charge in [-0.05, 0) is 11.6 Å². The summed E-state index contributed by atoms with van der Waals surface area (Å²) in [6.07, 6.45) is 0.820. The maximum absolute atomic E-state index is 9.94. The largest absolute Gasteiger partial charge is 0.499 e. The predicted molar refractivity (Wildman–Crippen MR) is 69.9 cm³/mol. The monoisotopic (exact) mass is 265 g/mol. The highest BCUT2D eigenvalue weighted by atomic mass is 16.7. The van der Waals surface area contributed by atoms with Crippen molar-refractivity contribution in [1.29, 1.82) is 0 Å². The third-order valence-corrected chi connectivity index (χ3v) is 3.10. The van der Waals surface area contributed by atoms with Crippen LogP contribution in [0.3, 0.4) is 0 Å². The van der Waals surface area contributed by atoms with Gasteiger partial charge in [0.05, 0.1) is 26.9 Å². The van der Waals surface area contributed by atoms with E-state index in [0.717, 1.165) is 5.56 Å². The number of hydroxylamine groups is 2. The highest BCUT2D eigenvalue weighted by Crippen LogP contribution is 2.22. The van der Waals surface area contributed by atoms with E-state index in [1.807, 2.05) is 30.3 Å². The van der Waals surface area contributed by atoms with E-state index in [9.17, 15) is 5.11 Å². The summed E-state index contributed by atoms with van der Waals surface area (Å²) in [6, 6.07) is 9.31. The van der Waals surface area contributed by atoms with E-state index < -0.39 is 12.1 Å². The maximum Gasteiger partial charge on any atom is 0.121 e. The number of aliphatic hydroxyl groups is 2. The molecule has 0 fully saturated rings. The zero-order valence-electron chi connectivity index (χ0n) is 10.9. The molecule has 2 rings (SSSR count). The van der Waals surface area contributed by atoms with Gasteiger partial charge in [-0.1, -0.05) is 30.3 Å². The van der Waals surface area contributed by atoms with Crippen LogP contribution in [0.1, 0.15) is 5.56 Å². The van der Waals surface area contributed by atoms with E-state index >= 15 is 0 Å². The van der Waals surface area contributed by atoms with Gasteiger partial charge in [-0.2, -0.15) is 5.06 Å². The van der Waals surface area contributed by atoms with Crippen LogP contribution in [0, 0.1) is 0 Å². The minimum Gasteiger partial charge on any atom is -0.499 e. The van der Waals surface area contributed by atoms with E-state index in [4.69, 9.17) is 14.7 Å². The first-order chi connectivity index (χ1) is 9.26. The Morgan fingerprint density at radius 3 is 2.79 bits per heavy atom. The van der Waals surface area contributed by atoms with Crippen molar-refractivity contribution >= 4 is 0 Å². The third-order valence-electron chi connectivity index (χ3n) is 3.10. The molecule has 104 valence electrons. The standard InChI is InChI=1S/C14H19NO4/c1-18-13-7-8-19-15(14(13)12(17)10-16)9-11-5-3-2-4-6-11/h2-7,12,14,16-17H,8-10H2,1H3/t12-,14-/m1/s1. The first-order valence-corrected chi connectivity index (χ1v) is 6.22. The lowest BCUT2D eigenvalue weighted by atomic mass is 10.1. The number of aliphatic hydroxyl groups excluding tert-OH is 2. The zero-order valence-corrected chi connectivity index (χ0v) is 10.9. The van der Waals surface area contributed by atoms with Gasteiger partial charge in [0.15, 0.2) is 0 Å². The van der Waals surface area contributed by atoms with Gasteiger partial charge in [-0.25, -0.2) is 0 Å². The molecule has 0 unspecified atom stereocenters. The normalized spacial score (nSPS) is 21.8. The predicted octanol–water partition coefficient (Wildman–Crippen LogP) is 0.686. The Morgan fingerprint density at radius 1 is 1.42 bits per heavy atom. The average Bonchev–Trinajstić information content (AvgIpc) is 2.47. The van der Waals surface area contributed by atoms with Gasteiger partial charge in [-0.3, -0.25) is 4.84 Å². The second kappa shape index (κ2) is 6.68. The molecule has 0 saturated heterocycles. The minimum atomic E-state index is -0.949. The van der Waals surface area contributed by atoms with Crippen LogP contribution in [-0.4, -0.2) is 47.7 Å². The van der Waals surface area contributed by atoms with Crippen LogP contribution in [0.5, 0.6) is 0 Å². The molecule has 1 aliphatic rings. The van der Waals surface area contributed by atoms with E-state index in [2.05, 4.69) is 0 Å². The molecule has 1 aromatic carbocycles. The SMILES string of the molecule is COC1=CCON(Cc2ccccc2)[C@@H]1[C@H](O)CO. The summed E-state index contributed by atoms with van der Waals surface area (Å²) in [6.45, 7) is 0.563. The van der Waals surface area contributed by atoms with Crippen LogP contribution in [0.25, 0.3) is 0 Å². The van der Waals surface area contributed by atoms with Crippen molar-refractivity contribution in [2.24, 2.45) is 0 Å². The number of methoxy groups -OCH3 is 1. The average molecular weight is 265 g/mol. The number of rotatable bonds is 5. The minimum absolute atomic E-state index is 0.347. The van der Waals surface area contributed by atoms with Gasteiger partial charge < -0.3 is 14.9 Å². The summed E-state index contributed by atoms with van der Waals surface area (Å²) < 4.78 is 5.26. The molecule has 0 bridgehead atoms. The zero-order chi connectivity index (χ0) is 13.7. The quantitative estimate of drug-likeness (QED) is 0.820. The lowest BCUT2D eigenvalue weighted by Crippen LogP contribution is -2.48. The summed E-state index contributed by atoms with van der Waals surface area (Å²) in [4.78, 5) is 5.56. The Morgan fingerprint density at radius 2 is 2.16 bits per heavy atom. The highest BCUT2D eigenvalue weighted by Gasteiger charge is 2.33. The highest BCUT2D eigenvalue weighted by molar-refractivity contribution is 5.16. The summed E-state index contributed by atoms with van der Waals surface area (Å²) in [5.41, 5.74) is 1.06. The molecule has 2 N–H and O–H groups in total. The Bertz CT molecular complexity index is 421. The lowest BCUT2D eigenvalue weighted by molar-refractivity contribution is -0.215. The van der Waals surface area contributed by atoms with E-state index in [-0.39, 0.29) is 6.61 Å². The number of nitrogens with zero attached hydrogens (tertiary/aromatic N) is 1. The summed E-state index contributed by atoms with van der Waals surface area (Å²) in [7, 11) is 1.55. The van der Waals surface area contributed by atoms with Crippen molar-refractivity contribution in [2.45, 2.75) is 18.7 Å². The number of benzene rings is 1. The van der Waals surface area contributed by atoms with Gasteiger partial charge in [0, 0.05) is 0 Å². The lowest BCUT2D eigenvalue weighted by Gasteiger charge is -2.36. The number of hydrogen-bond donors (Lipinski definition) is 2. The van der Waals surface area contributed by atoms with Gasteiger partial charge in [0.25, 0.3) is 0 Å². The third kappa shape index (κ3) is 3.33.